The molecule has 14 heavy (non-hydrogen) atoms. The molecule has 1 aromatic heterocycles. The van der Waals surface area contributed by atoms with Gasteiger partial charge in [-0.15, -0.1) is 0 Å². The fraction of sp³-hybridized carbons (Fsp3) is 0. The molecule has 0 radical (unpaired) electrons. The molecule has 1 atom stereocenters. The van der Waals surface area contributed by atoms with E-state index in [1.54, 1.807) is 18.2 Å². The van der Waals surface area contributed by atoms with Gasteiger partial charge >= 0.3 is 11.4 Å². The van der Waals surface area contributed by atoms with Gasteiger partial charge in [-0.3, -0.25) is 4.55 Å². The summed E-state index contributed by atoms with van der Waals surface area (Å²) in [6, 6.07) is 4.88. The van der Waals surface area contributed by atoms with Gasteiger partial charge in [0.1, 0.15) is 5.75 Å². The Morgan fingerprint density at radius 2 is 2.07 bits per heavy atom. The predicted molar refractivity (Wildman–Crippen MR) is 54.9 cm³/mol. The van der Waals surface area contributed by atoms with Crippen LogP contribution in [-0.2, 0) is 11.4 Å². The molecule has 0 saturated carbocycles. The molecule has 0 aliphatic rings. The molecule has 0 aliphatic carbocycles. The minimum Gasteiger partial charge on any atom is -0.380 e. The van der Waals surface area contributed by atoms with E-state index in [1.165, 1.54) is 0 Å². The van der Waals surface area contributed by atoms with Crippen LogP contribution in [0.1, 0.15) is 0 Å². The van der Waals surface area contributed by atoms with Crippen LogP contribution in [0.2, 0.25) is 0 Å². The Balaban J connectivity index is 2.50. The Morgan fingerprint density at radius 1 is 1.36 bits per heavy atom. The minimum atomic E-state index is -2.30. The molecule has 1 aromatic carbocycles. The lowest BCUT2D eigenvalue weighted by Crippen LogP contribution is -1.96. The molecular weight excluding hydrogens is 224 g/mol. The van der Waals surface area contributed by atoms with Gasteiger partial charge in [-0.1, -0.05) is 0 Å². The number of hydrogen-bond donors (Lipinski definition) is 3. The van der Waals surface area contributed by atoms with Crippen LogP contribution in [0.3, 0.4) is 0 Å². The van der Waals surface area contributed by atoms with Crippen LogP contribution in [0.5, 0.6) is 5.75 Å². The van der Waals surface area contributed by atoms with Crippen LogP contribution in [0, 0.1) is 4.77 Å². The van der Waals surface area contributed by atoms with Crippen LogP contribution >= 0.6 is 12.2 Å². The maximum atomic E-state index is 10.4. The van der Waals surface area contributed by atoms with Crippen molar-refractivity contribution in [3.8, 4) is 5.75 Å². The Morgan fingerprint density at radius 3 is 2.79 bits per heavy atom. The topological polar surface area (TPSA) is 78.1 Å². The minimum absolute atomic E-state index is 0.309. The molecular formula is C7H6N2O3S2. The second kappa shape index (κ2) is 3.52. The maximum absolute atomic E-state index is 10.4. The molecule has 0 saturated heterocycles. The lowest BCUT2D eigenvalue weighted by Gasteiger charge is -1.98. The molecule has 0 bridgehead atoms. The monoisotopic (exact) mass is 230 g/mol. The number of nitrogens with one attached hydrogen (secondary N) is 2. The standard InChI is InChI=1S/C7H6N2O3S2/c10-14(11)12-4-1-2-5-6(3-4)9-7(13)8-5/h1-3H,(H,10,11)(H2,8,9,13). The lowest BCUT2D eigenvalue weighted by atomic mass is 10.3. The van der Waals surface area contributed by atoms with Gasteiger partial charge < -0.3 is 14.2 Å². The molecule has 74 valence electrons. The second-order valence-corrected chi connectivity index (χ2v) is 3.60. The average molecular weight is 230 g/mol. The van der Waals surface area contributed by atoms with E-state index >= 15 is 0 Å². The van der Waals surface area contributed by atoms with Gasteiger partial charge in [0.25, 0.3) is 0 Å². The van der Waals surface area contributed by atoms with Crippen molar-refractivity contribution in [3.05, 3.63) is 23.0 Å². The van der Waals surface area contributed by atoms with E-state index < -0.39 is 11.4 Å². The number of aromatic nitrogens is 2. The zero-order valence-corrected chi connectivity index (χ0v) is 8.45. The highest BCUT2D eigenvalue weighted by Crippen LogP contribution is 2.18. The van der Waals surface area contributed by atoms with Crippen molar-refractivity contribution in [1.29, 1.82) is 0 Å². The quantitative estimate of drug-likeness (QED) is 0.542. The Bertz CT molecular complexity index is 545. The molecule has 3 N–H and O–H groups in total. The number of H-pyrrole nitrogens is 2. The van der Waals surface area contributed by atoms with E-state index in [2.05, 4.69) is 14.2 Å². The fourth-order valence-corrected chi connectivity index (χ4v) is 1.63. The Kier molecular flexibility index (Phi) is 2.36. The van der Waals surface area contributed by atoms with E-state index in [-0.39, 0.29) is 0 Å². The summed E-state index contributed by atoms with van der Waals surface area (Å²) >= 11 is 2.58. The second-order valence-electron chi connectivity index (χ2n) is 2.59. The third kappa shape index (κ3) is 1.84. The lowest BCUT2D eigenvalue weighted by molar-refractivity contribution is 0.458. The van der Waals surface area contributed by atoms with E-state index in [9.17, 15) is 4.21 Å². The Labute approximate surface area is 86.6 Å². The Hall–Kier alpha value is -1.18. The van der Waals surface area contributed by atoms with E-state index in [1.807, 2.05) is 0 Å². The zero-order valence-electron chi connectivity index (χ0n) is 6.81. The first kappa shape index (κ1) is 9.38. The number of fused-ring (bicyclic) bond motifs is 1. The molecule has 1 heterocycles. The first-order valence-corrected chi connectivity index (χ1v) is 5.10. The summed E-state index contributed by atoms with van der Waals surface area (Å²) < 4.78 is 23.9. The van der Waals surface area contributed by atoms with Gasteiger partial charge in [-0.05, 0) is 24.4 Å². The zero-order chi connectivity index (χ0) is 10.1. The summed E-state index contributed by atoms with van der Waals surface area (Å²) in [6.07, 6.45) is 0. The normalized spacial score (nSPS) is 12.9. The highest BCUT2D eigenvalue weighted by atomic mass is 32.2. The van der Waals surface area contributed by atoms with Crippen LogP contribution in [0.25, 0.3) is 11.0 Å². The van der Waals surface area contributed by atoms with Gasteiger partial charge in [0, 0.05) is 6.07 Å². The largest absolute Gasteiger partial charge is 0.380 e. The predicted octanol–water partition coefficient (Wildman–Crippen LogP) is 1.74. The summed E-state index contributed by atoms with van der Waals surface area (Å²) in [5, 5.41) is 0. The van der Waals surface area contributed by atoms with Gasteiger partial charge in [0.05, 0.1) is 11.0 Å². The first-order chi connectivity index (χ1) is 6.65. The SMILES string of the molecule is O=S(O)Oc1ccc2[nH]c(=S)[nH]c2c1. The molecule has 0 aliphatic heterocycles. The van der Waals surface area contributed by atoms with Crippen LogP contribution in [0.4, 0.5) is 0 Å². The summed E-state index contributed by atoms with van der Waals surface area (Å²) in [6.45, 7) is 0. The van der Waals surface area contributed by atoms with Crippen molar-refractivity contribution in [3.63, 3.8) is 0 Å². The maximum Gasteiger partial charge on any atom is 0.357 e. The van der Waals surface area contributed by atoms with E-state index in [4.69, 9.17) is 16.8 Å². The third-order valence-corrected chi connectivity index (χ3v) is 2.19. The smallest absolute Gasteiger partial charge is 0.357 e. The van der Waals surface area contributed by atoms with Crippen LogP contribution in [0.15, 0.2) is 18.2 Å². The summed E-state index contributed by atoms with van der Waals surface area (Å²) in [5.74, 6) is 0.309. The molecule has 0 amide bonds. The van der Waals surface area contributed by atoms with Crippen LogP contribution in [-0.4, -0.2) is 18.7 Å². The number of rotatable bonds is 2. The third-order valence-electron chi connectivity index (χ3n) is 1.65. The number of benzene rings is 1. The van der Waals surface area contributed by atoms with Gasteiger partial charge in [-0.25, -0.2) is 0 Å². The fourth-order valence-electron chi connectivity index (χ4n) is 1.15. The van der Waals surface area contributed by atoms with Crippen LogP contribution < -0.4 is 4.18 Å². The van der Waals surface area contributed by atoms with Crippen molar-refractivity contribution in [1.82, 2.24) is 9.97 Å². The van der Waals surface area contributed by atoms with Gasteiger partial charge in [0.15, 0.2) is 4.77 Å². The highest BCUT2D eigenvalue weighted by Gasteiger charge is 2.01. The van der Waals surface area contributed by atoms with Crippen molar-refractivity contribution in [2.75, 3.05) is 0 Å². The number of aromatic amines is 2. The van der Waals surface area contributed by atoms with Crippen molar-refractivity contribution in [2.24, 2.45) is 0 Å². The average Bonchev–Trinajstić information content (AvgIpc) is 2.42. The molecule has 0 fully saturated rings. The molecule has 1 unspecified atom stereocenters. The molecule has 7 heteroatoms. The summed E-state index contributed by atoms with van der Waals surface area (Å²) in [7, 11) is 0. The van der Waals surface area contributed by atoms with Crippen molar-refractivity contribution < 1.29 is 12.9 Å². The molecule has 2 rings (SSSR count). The molecule has 5 nitrogen and oxygen atoms in total. The van der Waals surface area contributed by atoms with Gasteiger partial charge in [0.2, 0.25) is 0 Å². The van der Waals surface area contributed by atoms with Crippen molar-refractivity contribution >= 4 is 34.6 Å². The number of hydrogen-bond acceptors (Lipinski definition) is 3. The van der Waals surface area contributed by atoms with E-state index in [0.717, 1.165) is 11.0 Å². The summed E-state index contributed by atoms with van der Waals surface area (Å²) in [4.78, 5) is 5.78. The van der Waals surface area contributed by atoms with Crippen molar-refractivity contribution in [2.45, 2.75) is 0 Å². The highest BCUT2D eigenvalue weighted by molar-refractivity contribution is 7.74. The molecule has 0 spiro atoms. The van der Waals surface area contributed by atoms with E-state index in [0.29, 0.717) is 10.5 Å². The molecule has 2 aromatic rings. The summed E-state index contributed by atoms with van der Waals surface area (Å²) in [5.41, 5.74) is 1.56. The van der Waals surface area contributed by atoms with Gasteiger partial charge in [-0.2, -0.15) is 4.21 Å². The number of imidazole rings is 1. The first-order valence-electron chi connectivity index (χ1n) is 3.66.